The fourth-order valence-corrected chi connectivity index (χ4v) is 3.82. The van der Waals surface area contributed by atoms with Gasteiger partial charge in [-0.05, 0) is 29.3 Å². The molecule has 1 aromatic heterocycles. The van der Waals surface area contributed by atoms with E-state index in [0.717, 1.165) is 5.56 Å². The third-order valence-corrected chi connectivity index (χ3v) is 5.19. The molecule has 0 spiro atoms. The molecule has 1 aliphatic rings. The highest BCUT2D eigenvalue weighted by Crippen LogP contribution is 2.43. The van der Waals surface area contributed by atoms with E-state index in [4.69, 9.17) is 4.42 Å². The van der Waals surface area contributed by atoms with Crippen molar-refractivity contribution in [1.82, 2.24) is 0 Å². The number of fused-ring (bicyclic) bond motifs is 3. The van der Waals surface area contributed by atoms with Crippen LogP contribution in [0.5, 0.6) is 5.75 Å². The van der Waals surface area contributed by atoms with Crippen molar-refractivity contribution in [2.75, 3.05) is 0 Å². The molecule has 120 valence electrons. The van der Waals surface area contributed by atoms with Gasteiger partial charge in [0, 0.05) is 23.3 Å². The number of hydrogen-bond acceptors (Lipinski definition) is 4. The molecule has 3 nitrogen and oxygen atoms in total. The predicted octanol–water partition coefficient (Wildman–Crippen LogP) is 4.35. The fourth-order valence-electron chi connectivity index (χ4n) is 2.90. The van der Waals surface area contributed by atoms with Crippen LogP contribution in [0, 0.1) is 5.82 Å². The van der Waals surface area contributed by atoms with E-state index < -0.39 is 5.63 Å². The molecule has 0 fully saturated rings. The van der Waals surface area contributed by atoms with Crippen molar-refractivity contribution in [3.63, 3.8) is 0 Å². The molecule has 1 heterocycles. The van der Waals surface area contributed by atoms with Gasteiger partial charge in [0.25, 0.3) is 0 Å². The molecule has 5 heteroatoms. The van der Waals surface area contributed by atoms with Gasteiger partial charge in [-0.15, -0.1) is 11.8 Å². The van der Waals surface area contributed by atoms with E-state index in [-0.39, 0.29) is 16.5 Å². The minimum Gasteiger partial charge on any atom is -0.506 e. The molecule has 0 saturated heterocycles. The van der Waals surface area contributed by atoms with Crippen molar-refractivity contribution < 1.29 is 13.9 Å². The fraction of sp³-hybridized carbons (Fsp3) is 0.105. The van der Waals surface area contributed by atoms with E-state index >= 15 is 0 Å². The normalized spacial score (nSPS) is 12.0. The highest BCUT2D eigenvalue weighted by Gasteiger charge is 2.28. The van der Waals surface area contributed by atoms with Crippen molar-refractivity contribution in [3.8, 4) is 17.1 Å². The summed E-state index contributed by atoms with van der Waals surface area (Å²) >= 11 is 1.24. The zero-order chi connectivity index (χ0) is 16.7. The average Bonchev–Trinajstić information content (AvgIpc) is 2.93. The van der Waals surface area contributed by atoms with E-state index in [9.17, 15) is 14.3 Å². The van der Waals surface area contributed by atoms with E-state index in [0.29, 0.717) is 34.6 Å². The Kier molecular flexibility index (Phi) is 3.65. The van der Waals surface area contributed by atoms with Crippen LogP contribution >= 0.6 is 11.8 Å². The zero-order valence-corrected chi connectivity index (χ0v) is 13.4. The lowest BCUT2D eigenvalue weighted by Gasteiger charge is -2.07. The lowest BCUT2D eigenvalue weighted by Crippen LogP contribution is -2.04. The number of aromatic hydroxyl groups is 1. The lowest BCUT2D eigenvalue weighted by atomic mass is 10.1. The number of rotatable bonds is 3. The van der Waals surface area contributed by atoms with Gasteiger partial charge in [0.15, 0.2) is 0 Å². The van der Waals surface area contributed by atoms with E-state index in [1.54, 1.807) is 6.07 Å². The molecule has 1 aliphatic carbocycles. The Hall–Kier alpha value is -2.53. The van der Waals surface area contributed by atoms with Gasteiger partial charge in [0.05, 0.1) is 0 Å². The molecule has 2 aromatic carbocycles. The second-order valence-corrected chi connectivity index (χ2v) is 6.61. The Balaban J connectivity index is 1.71. The first-order valence-electron chi connectivity index (χ1n) is 7.48. The standard InChI is InChI=1S/C19H13FO3S/c20-13-6-7-14-12(8-13)9-15-16(21)18(19(22)23-17(14)15)24-10-11-4-2-1-3-5-11/h1-8,21H,9-10H2. The molecule has 0 atom stereocenters. The van der Waals surface area contributed by atoms with Crippen molar-refractivity contribution in [2.24, 2.45) is 0 Å². The van der Waals surface area contributed by atoms with E-state index in [1.165, 1.54) is 23.9 Å². The summed E-state index contributed by atoms with van der Waals surface area (Å²) in [5.41, 5.74) is 2.41. The van der Waals surface area contributed by atoms with Crippen LogP contribution in [0.15, 0.2) is 62.6 Å². The largest absolute Gasteiger partial charge is 0.506 e. The summed E-state index contributed by atoms with van der Waals surface area (Å²) in [4.78, 5) is 12.5. The minimum atomic E-state index is -0.565. The molecule has 3 aromatic rings. The molecule has 4 rings (SSSR count). The Bertz CT molecular complexity index is 980. The van der Waals surface area contributed by atoms with Crippen LogP contribution in [0.4, 0.5) is 4.39 Å². The van der Waals surface area contributed by atoms with Gasteiger partial charge in [-0.25, -0.2) is 9.18 Å². The average molecular weight is 340 g/mol. The summed E-state index contributed by atoms with van der Waals surface area (Å²) in [6.07, 6.45) is 0.358. The SMILES string of the molecule is O=c1oc2c(c(O)c1SCc1ccccc1)Cc1cc(F)ccc1-2. The van der Waals surface area contributed by atoms with Crippen molar-refractivity contribution in [2.45, 2.75) is 17.1 Å². The van der Waals surface area contributed by atoms with Gasteiger partial charge < -0.3 is 9.52 Å². The van der Waals surface area contributed by atoms with Crippen molar-refractivity contribution >= 4 is 11.8 Å². The smallest absolute Gasteiger partial charge is 0.353 e. The molecule has 1 N–H and O–H groups in total. The molecular weight excluding hydrogens is 327 g/mol. The van der Waals surface area contributed by atoms with Crippen molar-refractivity contribution in [3.05, 3.63) is 81.5 Å². The van der Waals surface area contributed by atoms with Crippen LogP contribution in [-0.4, -0.2) is 5.11 Å². The molecule has 0 unspecified atom stereocenters. The van der Waals surface area contributed by atoms with Gasteiger partial charge in [-0.3, -0.25) is 0 Å². The second kappa shape index (κ2) is 5.83. The number of benzene rings is 2. The molecule has 0 aliphatic heterocycles. The van der Waals surface area contributed by atoms with E-state index in [2.05, 4.69) is 0 Å². The van der Waals surface area contributed by atoms with E-state index in [1.807, 2.05) is 30.3 Å². The Labute approximate surface area is 141 Å². The maximum atomic E-state index is 13.4. The maximum absolute atomic E-state index is 13.4. The first-order chi connectivity index (χ1) is 11.6. The Morgan fingerprint density at radius 1 is 1.17 bits per heavy atom. The molecular formula is C19H13FO3S. The molecule has 0 bridgehead atoms. The third-order valence-electron chi connectivity index (χ3n) is 4.06. The maximum Gasteiger partial charge on any atom is 0.353 e. The lowest BCUT2D eigenvalue weighted by molar-refractivity contribution is 0.424. The Morgan fingerprint density at radius 3 is 2.75 bits per heavy atom. The van der Waals surface area contributed by atoms with Crippen LogP contribution in [0.3, 0.4) is 0 Å². The van der Waals surface area contributed by atoms with Crippen LogP contribution < -0.4 is 5.63 Å². The minimum absolute atomic E-state index is 0.0567. The van der Waals surface area contributed by atoms with Gasteiger partial charge >= 0.3 is 5.63 Å². The number of hydrogen-bond donors (Lipinski definition) is 1. The summed E-state index contributed by atoms with van der Waals surface area (Å²) in [5, 5.41) is 10.5. The molecule has 0 amide bonds. The zero-order valence-electron chi connectivity index (χ0n) is 12.6. The predicted molar refractivity (Wildman–Crippen MR) is 90.8 cm³/mol. The van der Waals surface area contributed by atoms with Gasteiger partial charge in [-0.2, -0.15) is 0 Å². The highest BCUT2D eigenvalue weighted by molar-refractivity contribution is 7.98. The quantitative estimate of drug-likeness (QED) is 0.563. The summed E-state index contributed by atoms with van der Waals surface area (Å²) in [6, 6.07) is 14.0. The van der Waals surface area contributed by atoms with Crippen molar-refractivity contribution in [1.29, 1.82) is 0 Å². The van der Waals surface area contributed by atoms with Crippen LogP contribution in [-0.2, 0) is 12.2 Å². The van der Waals surface area contributed by atoms with Gasteiger partial charge in [-0.1, -0.05) is 30.3 Å². The molecule has 0 saturated carbocycles. The summed E-state index contributed by atoms with van der Waals surface area (Å²) < 4.78 is 18.8. The second-order valence-electron chi connectivity index (χ2n) is 5.63. The van der Waals surface area contributed by atoms with Gasteiger partial charge in [0.2, 0.25) is 0 Å². The summed E-state index contributed by atoms with van der Waals surface area (Å²) in [7, 11) is 0. The molecule has 24 heavy (non-hydrogen) atoms. The van der Waals surface area contributed by atoms with Crippen LogP contribution in [0.25, 0.3) is 11.3 Å². The first-order valence-corrected chi connectivity index (χ1v) is 8.46. The third kappa shape index (κ3) is 2.51. The number of thioether (sulfide) groups is 1. The van der Waals surface area contributed by atoms with Crippen LogP contribution in [0.2, 0.25) is 0 Å². The van der Waals surface area contributed by atoms with Gasteiger partial charge in [0.1, 0.15) is 22.2 Å². The Morgan fingerprint density at radius 2 is 1.96 bits per heavy atom. The summed E-state index contributed by atoms with van der Waals surface area (Å²) in [5.74, 6) is 0.497. The topological polar surface area (TPSA) is 50.4 Å². The van der Waals surface area contributed by atoms with Crippen LogP contribution in [0.1, 0.15) is 16.7 Å². The highest BCUT2D eigenvalue weighted by atomic mass is 32.2. The first kappa shape index (κ1) is 15.0. The summed E-state index contributed by atoms with van der Waals surface area (Å²) in [6.45, 7) is 0. The monoisotopic (exact) mass is 340 g/mol. The molecule has 0 radical (unpaired) electrons. The number of halogens is 1.